The molecular formula is C20H19N3O2S. The highest BCUT2D eigenvalue weighted by atomic mass is 32.2. The van der Waals surface area contributed by atoms with Gasteiger partial charge in [0.2, 0.25) is 0 Å². The van der Waals surface area contributed by atoms with E-state index < -0.39 is 0 Å². The normalized spacial score (nSPS) is 11.3. The molecule has 0 amide bonds. The monoisotopic (exact) mass is 365 g/mol. The standard InChI is InChI=1S/C20H19N3O2S/c1-22-16-10-9-14(25-3)11-15(16)17-18(22)19(24)23(2)20(21-17)26-12-13-7-5-4-6-8-13/h4-11H,12H2,1-3H3. The zero-order valence-electron chi connectivity index (χ0n) is 14.9. The highest BCUT2D eigenvalue weighted by molar-refractivity contribution is 7.98. The van der Waals surface area contributed by atoms with Gasteiger partial charge in [0.05, 0.1) is 12.6 Å². The zero-order chi connectivity index (χ0) is 18.3. The number of hydrogen-bond acceptors (Lipinski definition) is 4. The van der Waals surface area contributed by atoms with E-state index in [1.807, 2.05) is 48.0 Å². The first kappa shape index (κ1) is 16.7. The average molecular weight is 365 g/mol. The summed E-state index contributed by atoms with van der Waals surface area (Å²) in [6.07, 6.45) is 0. The van der Waals surface area contributed by atoms with Crippen LogP contribution in [0, 0.1) is 0 Å². The summed E-state index contributed by atoms with van der Waals surface area (Å²) >= 11 is 1.57. The summed E-state index contributed by atoms with van der Waals surface area (Å²) < 4.78 is 8.88. The van der Waals surface area contributed by atoms with Gasteiger partial charge in [-0.1, -0.05) is 42.1 Å². The van der Waals surface area contributed by atoms with E-state index in [-0.39, 0.29) is 5.56 Å². The zero-order valence-corrected chi connectivity index (χ0v) is 15.7. The van der Waals surface area contributed by atoms with Crippen molar-refractivity contribution in [1.82, 2.24) is 14.1 Å². The summed E-state index contributed by atoms with van der Waals surface area (Å²) in [5, 5.41) is 1.64. The molecule has 2 aromatic heterocycles. The van der Waals surface area contributed by atoms with Crippen LogP contribution in [-0.2, 0) is 19.8 Å². The second kappa shape index (κ2) is 6.53. The van der Waals surface area contributed by atoms with Crippen molar-refractivity contribution in [3.05, 3.63) is 64.4 Å². The van der Waals surface area contributed by atoms with Crippen molar-refractivity contribution >= 4 is 33.7 Å². The van der Waals surface area contributed by atoms with Crippen LogP contribution in [0.25, 0.3) is 21.9 Å². The van der Waals surface area contributed by atoms with Gasteiger partial charge in [0, 0.05) is 25.2 Å². The molecule has 0 atom stereocenters. The lowest BCUT2D eigenvalue weighted by atomic mass is 10.2. The predicted molar refractivity (Wildman–Crippen MR) is 106 cm³/mol. The fourth-order valence-corrected chi connectivity index (χ4v) is 4.08. The van der Waals surface area contributed by atoms with Crippen molar-refractivity contribution in [2.45, 2.75) is 10.9 Å². The van der Waals surface area contributed by atoms with Crippen LogP contribution in [0.1, 0.15) is 5.56 Å². The van der Waals surface area contributed by atoms with E-state index in [2.05, 4.69) is 12.1 Å². The number of benzene rings is 2. The van der Waals surface area contributed by atoms with E-state index in [0.717, 1.165) is 27.9 Å². The summed E-state index contributed by atoms with van der Waals surface area (Å²) in [5.74, 6) is 1.52. The minimum absolute atomic E-state index is 0.0387. The fraction of sp³-hybridized carbons (Fsp3) is 0.200. The van der Waals surface area contributed by atoms with E-state index in [1.165, 1.54) is 5.56 Å². The minimum atomic E-state index is -0.0387. The van der Waals surface area contributed by atoms with E-state index in [1.54, 1.807) is 30.5 Å². The van der Waals surface area contributed by atoms with Gasteiger partial charge in [0.15, 0.2) is 5.16 Å². The van der Waals surface area contributed by atoms with Gasteiger partial charge in [0.1, 0.15) is 16.8 Å². The third kappa shape index (κ3) is 2.66. The number of aromatic nitrogens is 3. The Bertz CT molecular complexity index is 1160. The van der Waals surface area contributed by atoms with Crippen molar-refractivity contribution in [3.8, 4) is 5.75 Å². The number of ether oxygens (including phenoxy) is 1. The average Bonchev–Trinajstić information content (AvgIpc) is 2.96. The Labute approximate surface area is 155 Å². The Morgan fingerprint density at radius 3 is 2.58 bits per heavy atom. The van der Waals surface area contributed by atoms with Gasteiger partial charge in [0.25, 0.3) is 5.56 Å². The molecule has 0 aliphatic heterocycles. The summed E-state index contributed by atoms with van der Waals surface area (Å²) in [6, 6.07) is 16.0. The molecular weight excluding hydrogens is 346 g/mol. The second-order valence-corrected chi connectivity index (χ2v) is 7.11. The third-order valence-electron chi connectivity index (χ3n) is 4.59. The topological polar surface area (TPSA) is 49.1 Å². The van der Waals surface area contributed by atoms with Crippen LogP contribution in [0.3, 0.4) is 0 Å². The Balaban J connectivity index is 1.88. The van der Waals surface area contributed by atoms with Gasteiger partial charge in [-0.2, -0.15) is 0 Å². The van der Waals surface area contributed by atoms with Crippen LogP contribution in [0.15, 0.2) is 58.5 Å². The lowest BCUT2D eigenvalue weighted by molar-refractivity contribution is 0.415. The highest BCUT2D eigenvalue weighted by Crippen LogP contribution is 2.30. The van der Waals surface area contributed by atoms with E-state index in [9.17, 15) is 4.79 Å². The molecule has 2 aromatic carbocycles. The summed E-state index contributed by atoms with van der Waals surface area (Å²) in [6.45, 7) is 0. The SMILES string of the molecule is COc1ccc2c(c1)c1nc(SCc3ccccc3)n(C)c(=O)c1n2C. The molecule has 0 saturated carbocycles. The molecule has 0 radical (unpaired) electrons. The van der Waals surface area contributed by atoms with Gasteiger partial charge in [-0.3, -0.25) is 9.36 Å². The molecule has 2 heterocycles. The molecule has 0 aliphatic carbocycles. The number of methoxy groups -OCH3 is 1. The number of hydrogen-bond donors (Lipinski definition) is 0. The molecule has 0 saturated heterocycles. The maximum atomic E-state index is 13.0. The first-order valence-corrected chi connectivity index (χ1v) is 9.28. The molecule has 0 aliphatic rings. The maximum Gasteiger partial charge on any atom is 0.278 e. The van der Waals surface area contributed by atoms with Crippen LogP contribution in [-0.4, -0.2) is 21.2 Å². The molecule has 0 bridgehead atoms. The quantitative estimate of drug-likeness (QED) is 0.408. The Kier molecular flexibility index (Phi) is 4.20. The summed E-state index contributed by atoms with van der Waals surface area (Å²) in [5.41, 5.74) is 3.46. The van der Waals surface area contributed by atoms with Crippen molar-refractivity contribution < 1.29 is 4.74 Å². The summed E-state index contributed by atoms with van der Waals surface area (Å²) in [7, 11) is 5.32. The molecule has 26 heavy (non-hydrogen) atoms. The first-order chi connectivity index (χ1) is 12.6. The molecule has 5 nitrogen and oxygen atoms in total. The van der Waals surface area contributed by atoms with Gasteiger partial charge < -0.3 is 9.30 Å². The lowest BCUT2D eigenvalue weighted by Gasteiger charge is -2.08. The molecule has 0 unspecified atom stereocenters. The van der Waals surface area contributed by atoms with Crippen molar-refractivity contribution in [1.29, 1.82) is 0 Å². The number of fused-ring (bicyclic) bond motifs is 3. The first-order valence-electron chi connectivity index (χ1n) is 8.30. The largest absolute Gasteiger partial charge is 0.497 e. The smallest absolute Gasteiger partial charge is 0.278 e. The maximum absolute atomic E-state index is 13.0. The van der Waals surface area contributed by atoms with Gasteiger partial charge in [-0.05, 0) is 23.8 Å². The predicted octanol–water partition coefficient (Wildman–Crippen LogP) is 3.73. The second-order valence-electron chi connectivity index (χ2n) is 6.17. The van der Waals surface area contributed by atoms with Crippen LogP contribution >= 0.6 is 11.8 Å². The minimum Gasteiger partial charge on any atom is -0.497 e. The Morgan fingerprint density at radius 2 is 1.85 bits per heavy atom. The van der Waals surface area contributed by atoms with Crippen LogP contribution in [0.5, 0.6) is 5.75 Å². The van der Waals surface area contributed by atoms with E-state index >= 15 is 0 Å². The van der Waals surface area contributed by atoms with Crippen LogP contribution < -0.4 is 10.3 Å². The number of thioether (sulfide) groups is 1. The molecule has 4 aromatic rings. The Hall–Kier alpha value is -2.73. The third-order valence-corrected chi connectivity index (χ3v) is 5.69. The van der Waals surface area contributed by atoms with Gasteiger partial charge in [-0.15, -0.1) is 0 Å². The van der Waals surface area contributed by atoms with Crippen molar-refractivity contribution in [2.75, 3.05) is 7.11 Å². The van der Waals surface area contributed by atoms with E-state index in [4.69, 9.17) is 9.72 Å². The molecule has 0 N–H and O–H groups in total. The molecule has 0 spiro atoms. The number of nitrogens with zero attached hydrogens (tertiary/aromatic N) is 3. The van der Waals surface area contributed by atoms with Crippen LogP contribution in [0.2, 0.25) is 0 Å². The number of aryl methyl sites for hydroxylation is 1. The fourth-order valence-electron chi connectivity index (χ4n) is 3.16. The van der Waals surface area contributed by atoms with E-state index in [0.29, 0.717) is 10.7 Å². The van der Waals surface area contributed by atoms with Crippen LogP contribution in [0.4, 0.5) is 0 Å². The molecule has 132 valence electrons. The highest BCUT2D eigenvalue weighted by Gasteiger charge is 2.17. The van der Waals surface area contributed by atoms with Crippen molar-refractivity contribution in [2.24, 2.45) is 14.1 Å². The molecule has 0 fully saturated rings. The van der Waals surface area contributed by atoms with Crippen molar-refractivity contribution in [3.63, 3.8) is 0 Å². The van der Waals surface area contributed by atoms with Gasteiger partial charge in [-0.25, -0.2) is 4.98 Å². The molecule has 6 heteroatoms. The lowest BCUT2D eigenvalue weighted by Crippen LogP contribution is -2.21. The Morgan fingerprint density at radius 1 is 1.08 bits per heavy atom. The molecule has 4 rings (SSSR count). The van der Waals surface area contributed by atoms with Gasteiger partial charge >= 0.3 is 0 Å². The summed E-state index contributed by atoms with van der Waals surface area (Å²) in [4.78, 5) is 17.8. The number of rotatable bonds is 4.